The Morgan fingerprint density at radius 3 is 3.06 bits per heavy atom. The largest absolute Gasteiger partial charge is 0.455 e. The molecule has 0 saturated carbocycles. The molecule has 5 nitrogen and oxygen atoms in total. The van der Waals surface area contributed by atoms with Gasteiger partial charge in [0.05, 0.1) is 18.5 Å². The van der Waals surface area contributed by atoms with Crippen LogP contribution < -0.4 is 5.32 Å². The van der Waals surface area contributed by atoms with Crippen molar-refractivity contribution in [3.8, 4) is 0 Å². The van der Waals surface area contributed by atoms with Gasteiger partial charge in [0.2, 0.25) is 0 Å². The maximum atomic E-state index is 11.7. The van der Waals surface area contributed by atoms with Crippen molar-refractivity contribution in [2.24, 2.45) is 0 Å². The quantitative estimate of drug-likeness (QED) is 0.746. The summed E-state index contributed by atoms with van der Waals surface area (Å²) in [4.78, 5) is 11.7. The van der Waals surface area contributed by atoms with Gasteiger partial charge in [-0.3, -0.25) is 4.79 Å². The molecule has 0 aliphatic heterocycles. The van der Waals surface area contributed by atoms with E-state index in [0.717, 1.165) is 11.5 Å². The highest BCUT2D eigenvalue weighted by molar-refractivity contribution is 7.97. The molecule has 18 heavy (non-hydrogen) atoms. The van der Waals surface area contributed by atoms with Crippen molar-refractivity contribution in [3.05, 3.63) is 23.7 Å². The standard InChI is InChI=1S/C12H19NO4S/c1-16-7-9(14)5-6-13-12(15)11-4-3-10(17-11)8-18-2/h3-4,9,14H,5-8H2,1-2H3,(H,13,15). The highest BCUT2D eigenvalue weighted by Crippen LogP contribution is 2.13. The topological polar surface area (TPSA) is 71.7 Å². The second-order valence-electron chi connectivity index (χ2n) is 3.85. The predicted octanol–water partition coefficient (Wildman–Crippen LogP) is 1.27. The van der Waals surface area contributed by atoms with Crippen molar-refractivity contribution in [3.63, 3.8) is 0 Å². The Morgan fingerprint density at radius 2 is 2.39 bits per heavy atom. The Hall–Kier alpha value is -0.980. The predicted molar refractivity (Wildman–Crippen MR) is 70.8 cm³/mol. The molecule has 0 radical (unpaired) electrons. The lowest BCUT2D eigenvalue weighted by Crippen LogP contribution is -2.28. The molecule has 1 heterocycles. The van der Waals surface area contributed by atoms with Crippen molar-refractivity contribution in [1.29, 1.82) is 0 Å². The molecule has 102 valence electrons. The molecule has 1 aromatic heterocycles. The van der Waals surface area contributed by atoms with E-state index in [9.17, 15) is 9.90 Å². The lowest BCUT2D eigenvalue weighted by Gasteiger charge is -2.09. The molecule has 0 aliphatic carbocycles. The zero-order chi connectivity index (χ0) is 13.4. The fourth-order valence-corrected chi connectivity index (χ4v) is 1.87. The van der Waals surface area contributed by atoms with Crippen LogP contribution >= 0.6 is 11.8 Å². The average molecular weight is 273 g/mol. The fourth-order valence-electron chi connectivity index (χ4n) is 1.43. The molecular formula is C12H19NO4S. The summed E-state index contributed by atoms with van der Waals surface area (Å²) in [5.74, 6) is 1.58. The van der Waals surface area contributed by atoms with Crippen LogP contribution in [0.2, 0.25) is 0 Å². The first-order valence-corrected chi connectivity index (χ1v) is 7.09. The third-order valence-electron chi connectivity index (χ3n) is 2.29. The Labute approximate surface area is 111 Å². The molecule has 2 N–H and O–H groups in total. The van der Waals surface area contributed by atoms with Crippen LogP contribution in [-0.4, -0.2) is 43.6 Å². The smallest absolute Gasteiger partial charge is 0.286 e. The molecule has 1 aromatic rings. The number of hydrogen-bond acceptors (Lipinski definition) is 5. The molecule has 0 fully saturated rings. The van der Waals surface area contributed by atoms with Gasteiger partial charge in [-0.15, -0.1) is 0 Å². The fraction of sp³-hybridized carbons (Fsp3) is 0.583. The minimum absolute atomic E-state index is 0.257. The Bertz CT molecular complexity index is 367. The molecule has 1 unspecified atom stereocenters. The second-order valence-corrected chi connectivity index (χ2v) is 4.72. The number of aliphatic hydroxyl groups excluding tert-OH is 1. The number of methoxy groups -OCH3 is 1. The molecular weight excluding hydrogens is 254 g/mol. The Morgan fingerprint density at radius 1 is 1.61 bits per heavy atom. The number of carbonyl (C=O) groups excluding carboxylic acids is 1. The number of amides is 1. The SMILES string of the molecule is COCC(O)CCNC(=O)c1ccc(CSC)o1. The second kappa shape index (κ2) is 8.18. The summed E-state index contributed by atoms with van der Waals surface area (Å²) in [6.07, 6.45) is 1.87. The summed E-state index contributed by atoms with van der Waals surface area (Å²) in [5.41, 5.74) is 0. The van der Waals surface area contributed by atoms with Crippen molar-refractivity contribution < 1.29 is 19.1 Å². The van der Waals surface area contributed by atoms with Crippen LogP contribution in [0.1, 0.15) is 22.7 Å². The van der Waals surface area contributed by atoms with Gasteiger partial charge < -0.3 is 19.6 Å². The van der Waals surface area contributed by atoms with Gasteiger partial charge in [-0.25, -0.2) is 0 Å². The molecule has 1 amide bonds. The third-order valence-corrected chi connectivity index (χ3v) is 2.87. The lowest BCUT2D eigenvalue weighted by atomic mass is 10.2. The van der Waals surface area contributed by atoms with E-state index in [4.69, 9.17) is 9.15 Å². The molecule has 0 aliphatic rings. The highest BCUT2D eigenvalue weighted by Gasteiger charge is 2.11. The monoisotopic (exact) mass is 273 g/mol. The molecule has 0 bridgehead atoms. The normalized spacial score (nSPS) is 12.4. The maximum absolute atomic E-state index is 11.7. The van der Waals surface area contributed by atoms with Crippen LogP contribution in [0.15, 0.2) is 16.5 Å². The molecule has 0 saturated heterocycles. The molecule has 1 rings (SSSR count). The van der Waals surface area contributed by atoms with Crippen LogP contribution in [0.3, 0.4) is 0 Å². The van der Waals surface area contributed by atoms with Gasteiger partial charge in [0, 0.05) is 13.7 Å². The van der Waals surface area contributed by atoms with E-state index < -0.39 is 6.10 Å². The minimum Gasteiger partial charge on any atom is -0.455 e. The first-order valence-electron chi connectivity index (χ1n) is 5.70. The summed E-state index contributed by atoms with van der Waals surface area (Å²) in [6.45, 7) is 0.663. The van der Waals surface area contributed by atoms with Crippen molar-refractivity contribution in [2.75, 3.05) is 26.5 Å². The van der Waals surface area contributed by atoms with E-state index in [1.54, 1.807) is 23.9 Å². The van der Waals surface area contributed by atoms with Gasteiger partial charge in [-0.2, -0.15) is 11.8 Å². The summed E-state index contributed by atoms with van der Waals surface area (Å²) in [6, 6.07) is 3.46. The van der Waals surface area contributed by atoms with E-state index in [-0.39, 0.29) is 12.5 Å². The number of aliphatic hydroxyl groups is 1. The zero-order valence-electron chi connectivity index (χ0n) is 10.6. The Kier molecular flexibility index (Phi) is 6.85. The lowest BCUT2D eigenvalue weighted by molar-refractivity contribution is 0.0586. The van der Waals surface area contributed by atoms with Crippen molar-refractivity contribution >= 4 is 17.7 Å². The van der Waals surface area contributed by atoms with Gasteiger partial charge in [0.25, 0.3) is 5.91 Å². The average Bonchev–Trinajstić information content (AvgIpc) is 2.78. The van der Waals surface area contributed by atoms with Crippen LogP contribution in [0.5, 0.6) is 0 Å². The van der Waals surface area contributed by atoms with Gasteiger partial charge in [0.15, 0.2) is 5.76 Å². The summed E-state index contributed by atoms with van der Waals surface area (Å²) >= 11 is 1.63. The van der Waals surface area contributed by atoms with Gasteiger partial charge in [-0.1, -0.05) is 0 Å². The summed E-state index contributed by atoms with van der Waals surface area (Å²) < 4.78 is 10.2. The molecule has 1 atom stereocenters. The van der Waals surface area contributed by atoms with Gasteiger partial charge in [0.1, 0.15) is 5.76 Å². The number of nitrogens with one attached hydrogen (secondary N) is 1. The first kappa shape index (κ1) is 15.1. The summed E-state index contributed by atoms with van der Waals surface area (Å²) in [7, 11) is 1.53. The maximum Gasteiger partial charge on any atom is 0.286 e. The van der Waals surface area contributed by atoms with Gasteiger partial charge >= 0.3 is 0 Å². The van der Waals surface area contributed by atoms with E-state index in [2.05, 4.69) is 5.32 Å². The molecule has 0 aromatic carbocycles. The minimum atomic E-state index is -0.557. The Balaban J connectivity index is 2.31. The number of ether oxygens (including phenoxy) is 1. The number of rotatable bonds is 8. The first-order chi connectivity index (χ1) is 8.67. The van der Waals surface area contributed by atoms with Crippen LogP contribution in [0.4, 0.5) is 0 Å². The molecule has 0 spiro atoms. The number of furan rings is 1. The summed E-state index contributed by atoms with van der Waals surface area (Å²) in [5, 5.41) is 12.1. The van der Waals surface area contributed by atoms with Gasteiger partial charge in [-0.05, 0) is 24.8 Å². The number of carbonyl (C=O) groups is 1. The van der Waals surface area contributed by atoms with E-state index in [1.165, 1.54) is 7.11 Å². The highest BCUT2D eigenvalue weighted by atomic mass is 32.2. The number of thioether (sulfide) groups is 1. The van der Waals surface area contributed by atoms with E-state index in [0.29, 0.717) is 18.7 Å². The molecule has 6 heteroatoms. The van der Waals surface area contributed by atoms with Crippen molar-refractivity contribution in [1.82, 2.24) is 5.32 Å². The van der Waals surface area contributed by atoms with E-state index in [1.807, 2.05) is 6.26 Å². The van der Waals surface area contributed by atoms with Crippen LogP contribution in [0.25, 0.3) is 0 Å². The zero-order valence-corrected chi connectivity index (χ0v) is 11.5. The third kappa shape index (κ3) is 5.12. The van der Waals surface area contributed by atoms with E-state index >= 15 is 0 Å². The van der Waals surface area contributed by atoms with Crippen LogP contribution in [-0.2, 0) is 10.5 Å². The van der Waals surface area contributed by atoms with Crippen LogP contribution in [0, 0.1) is 0 Å². The number of hydrogen-bond donors (Lipinski definition) is 2. The van der Waals surface area contributed by atoms with Crippen molar-refractivity contribution in [2.45, 2.75) is 18.3 Å².